The van der Waals surface area contributed by atoms with Crippen LogP contribution in [0.5, 0.6) is 0 Å². The van der Waals surface area contributed by atoms with Crippen LogP contribution in [0.1, 0.15) is 0 Å². The van der Waals surface area contributed by atoms with Gasteiger partial charge in [-0.05, 0) is 0 Å². The molecule has 0 saturated carbocycles. The quantitative estimate of drug-likeness (QED) is 0.103. The molecule has 0 aliphatic carbocycles. The smallest absolute Gasteiger partial charge is 0.724 e. The van der Waals surface area contributed by atoms with Gasteiger partial charge in [-0.15, -0.1) is 8.67 Å². The van der Waals surface area contributed by atoms with Crippen LogP contribution < -0.4 is 133 Å². The average molecular weight is 462 g/mol. The molecule has 0 aromatic carbocycles. The first kappa shape index (κ1) is 28.7. The normalized spacial score (nSPS) is 11.4. The van der Waals surface area contributed by atoms with Gasteiger partial charge in [0.05, 0.1) is 0 Å². The van der Waals surface area contributed by atoms with E-state index in [0.717, 1.165) is 0 Å². The molecule has 12 nitrogen and oxygen atoms in total. The molecule has 0 aromatic heterocycles. The Morgan fingerprint density at radius 2 is 0.941 bits per heavy atom. The van der Waals surface area contributed by atoms with E-state index in [2.05, 4.69) is 8.67 Å². The van der Waals surface area contributed by atoms with Crippen LogP contribution in [-0.4, -0.2) is 29.4 Å². The van der Waals surface area contributed by atoms with Gasteiger partial charge in [-0.2, -0.15) is 0 Å². The van der Waals surface area contributed by atoms with Crippen molar-refractivity contribution in [1.82, 2.24) is 0 Å². The van der Waals surface area contributed by atoms with E-state index in [4.69, 9.17) is 13.7 Å². The van der Waals surface area contributed by atoms with Gasteiger partial charge in [0, 0.05) is 3.44 Å². The number of hydrogen-bond donors (Lipinski definition) is 1. The van der Waals surface area contributed by atoms with Crippen LogP contribution >= 0.6 is 0 Å². The Bertz CT molecular complexity index is 322. The molecule has 0 saturated heterocycles. The zero-order valence-corrected chi connectivity index (χ0v) is 18.2. The standard InChI is InChI=1S/HIO4.2K.H2O8S2/c2-1(3,4)5;;;1-9(2,3)7-8-10(4,5)6/h2H;;;(H,1,2,3)(H,4,5,6)/q;2*+1;/p-2. The Kier molecular flexibility index (Phi) is 20.5. The van der Waals surface area contributed by atoms with Gasteiger partial charge >= 0.3 is 123 Å². The molecular formula is HIK2O12S2. The second-order valence-corrected chi connectivity index (χ2v) is 5.51. The average Bonchev–Trinajstić information content (AvgIpc) is 1.76. The van der Waals surface area contributed by atoms with Gasteiger partial charge in [0.2, 0.25) is 20.8 Å². The van der Waals surface area contributed by atoms with E-state index in [-0.39, 0.29) is 103 Å². The summed E-state index contributed by atoms with van der Waals surface area (Å²) >= 11 is -5.69. The van der Waals surface area contributed by atoms with E-state index in [9.17, 15) is 25.9 Å². The Labute approximate surface area is 187 Å². The second-order valence-electron chi connectivity index (χ2n) is 1.35. The summed E-state index contributed by atoms with van der Waals surface area (Å²) in [7, 11) is -10.6. The maximum atomic E-state index is 9.37. The van der Waals surface area contributed by atoms with E-state index in [1.54, 1.807) is 0 Å². The molecule has 0 amide bonds. The molecule has 0 aliphatic heterocycles. The first-order chi connectivity index (χ1) is 6.21. The molecule has 0 fully saturated rings. The minimum absolute atomic E-state index is 0. The van der Waals surface area contributed by atoms with Crippen molar-refractivity contribution in [3.8, 4) is 0 Å². The van der Waals surface area contributed by atoms with Crippen LogP contribution in [0.15, 0.2) is 0 Å². The van der Waals surface area contributed by atoms with Crippen LogP contribution in [0.25, 0.3) is 0 Å². The second kappa shape index (κ2) is 12.2. The third-order valence-electron chi connectivity index (χ3n) is 0.194. The van der Waals surface area contributed by atoms with Gasteiger partial charge in [-0.1, -0.05) is 0 Å². The maximum absolute atomic E-state index is 9.37. The fraction of sp³-hybridized carbons (Fsp3) is 0. The van der Waals surface area contributed by atoms with E-state index in [0.29, 0.717) is 0 Å². The number of rotatable bonds is 3. The van der Waals surface area contributed by atoms with Crippen molar-refractivity contribution in [1.29, 1.82) is 0 Å². The van der Waals surface area contributed by atoms with Crippen molar-refractivity contribution in [2.75, 3.05) is 0 Å². The van der Waals surface area contributed by atoms with E-state index in [1.165, 1.54) is 0 Å². The summed E-state index contributed by atoms with van der Waals surface area (Å²) < 4.78 is 94.7. The van der Waals surface area contributed by atoms with Crippen molar-refractivity contribution in [3.63, 3.8) is 0 Å². The summed E-state index contributed by atoms with van der Waals surface area (Å²) in [6, 6.07) is 0. The monoisotopic (exact) mass is 462 g/mol. The Hall–Kier alpha value is 3.58. The minimum Gasteiger partial charge on any atom is -0.724 e. The molecule has 0 aliphatic rings. The molecule has 0 unspecified atom stereocenters. The molecule has 94 valence electrons. The van der Waals surface area contributed by atoms with Crippen molar-refractivity contribution in [2.45, 2.75) is 0 Å². The zero-order chi connectivity index (χ0) is 12.9. The Balaban J connectivity index is -0.000000105. The van der Waals surface area contributed by atoms with Gasteiger partial charge < -0.3 is 9.11 Å². The molecule has 0 aromatic rings. The van der Waals surface area contributed by atoms with Gasteiger partial charge in [0.15, 0.2) is 0 Å². The maximum Gasteiger partial charge on any atom is 1.00 e. The molecule has 0 rings (SSSR count). The van der Waals surface area contributed by atoms with Crippen LogP contribution in [0, 0.1) is 0 Å². The SMILES string of the molecule is O=S(=O)([O-])OOS(=O)(=O)[O-].[K+].[K+].[O-][I+3]([O-])([O-])O. The Morgan fingerprint density at radius 1 is 0.824 bits per heavy atom. The third kappa shape index (κ3) is 54.1. The molecule has 0 spiro atoms. The van der Waals surface area contributed by atoms with Crippen molar-refractivity contribution < 1.29 is 171 Å². The fourth-order valence-electron chi connectivity index (χ4n) is 0.0680. The molecule has 17 heavy (non-hydrogen) atoms. The van der Waals surface area contributed by atoms with E-state index in [1.807, 2.05) is 0 Å². The van der Waals surface area contributed by atoms with Crippen molar-refractivity contribution >= 4 is 20.8 Å². The van der Waals surface area contributed by atoms with E-state index >= 15 is 0 Å². The topological polar surface area (TPSA) is 222 Å². The predicted molar refractivity (Wildman–Crippen MR) is 23.8 cm³/mol. The molecule has 17 heteroatoms. The van der Waals surface area contributed by atoms with Crippen LogP contribution in [0.3, 0.4) is 0 Å². The summed E-state index contributed by atoms with van der Waals surface area (Å²) in [5, 5.41) is 0. The fourth-order valence-corrected chi connectivity index (χ4v) is 0.612. The zero-order valence-electron chi connectivity index (χ0n) is 8.13. The van der Waals surface area contributed by atoms with Crippen LogP contribution in [-0.2, 0) is 29.5 Å². The first-order valence-corrected chi connectivity index (χ1v) is 8.41. The summed E-state index contributed by atoms with van der Waals surface area (Å²) in [4.78, 5) is 0. The molecule has 0 atom stereocenters. The number of halogens is 1. The summed E-state index contributed by atoms with van der Waals surface area (Å²) in [6.07, 6.45) is 0. The van der Waals surface area contributed by atoms with Gasteiger partial charge in [0.1, 0.15) is 0 Å². The van der Waals surface area contributed by atoms with Crippen molar-refractivity contribution in [2.24, 2.45) is 0 Å². The summed E-state index contributed by atoms with van der Waals surface area (Å²) in [5.74, 6) is 0. The minimum atomic E-state index is -5.69. The molecule has 1 N–H and O–H groups in total. The van der Waals surface area contributed by atoms with Crippen LogP contribution in [0.2, 0.25) is 0 Å². The molecule has 0 bridgehead atoms. The Morgan fingerprint density at radius 3 is 1.00 bits per heavy atom. The largest absolute Gasteiger partial charge is 1.00 e. The molecule has 0 heterocycles. The summed E-state index contributed by atoms with van der Waals surface area (Å²) in [6.45, 7) is 0. The van der Waals surface area contributed by atoms with Gasteiger partial charge in [0.25, 0.3) is 0 Å². The first-order valence-electron chi connectivity index (χ1n) is 2.13. The molecule has 0 radical (unpaired) electrons. The van der Waals surface area contributed by atoms with Crippen molar-refractivity contribution in [3.05, 3.63) is 0 Å². The van der Waals surface area contributed by atoms with Gasteiger partial charge in [-0.3, -0.25) is 10.3 Å². The molecular weight excluding hydrogens is 461 g/mol. The third-order valence-corrected chi connectivity index (χ3v) is 0.750. The van der Waals surface area contributed by atoms with Crippen LogP contribution in [0.4, 0.5) is 0 Å². The number of hydrogen-bond acceptors (Lipinski definition) is 12. The predicted octanol–water partition coefficient (Wildman–Crippen LogP) is -15.3. The van der Waals surface area contributed by atoms with E-state index < -0.39 is 40.9 Å². The summed E-state index contributed by atoms with van der Waals surface area (Å²) in [5.41, 5.74) is 0. The van der Waals surface area contributed by atoms with Gasteiger partial charge in [-0.25, -0.2) is 16.8 Å².